The van der Waals surface area contributed by atoms with Crippen molar-refractivity contribution in [3.8, 4) is 0 Å². The van der Waals surface area contributed by atoms with Crippen LogP contribution in [0.4, 0.5) is 4.79 Å². The van der Waals surface area contributed by atoms with Gasteiger partial charge in [-0.25, -0.2) is 9.78 Å². The third kappa shape index (κ3) is 4.67. The first-order valence-electron chi connectivity index (χ1n) is 8.76. The molecule has 0 bridgehead atoms. The molecule has 2 amide bonds. The van der Waals surface area contributed by atoms with Crippen molar-refractivity contribution in [1.29, 1.82) is 0 Å². The van der Waals surface area contributed by atoms with Gasteiger partial charge >= 0.3 is 6.03 Å². The van der Waals surface area contributed by atoms with Gasteiger partial charge in [-0.2, -0.15) is 0 Å². The summed E-state index contributed by atoms with van der Waals surface area (Å²) in [4.78, 5) is 17.9. The lowest BCUT2D eigenvalue weighted by Crippen LogP contribution is -2.47. The molecular formula is C17H27N3O2S. The number of thiazole rings is 1. The van der Waals surface area contributed by atoms with E-state index >= 15 is 0 Å². The summed E-state index contributed by atoms with van der Waals surface area (Å²) >= 11 is 1.74. The molecule has 1 aromatic heterocycles. The van der Waals surface area contributed by atoms with E-state index in [-0.39, 0.29) is 12.1 Å². The Hall–Kier alpha value is -1.14. The molecular weight excluding hydrogens is 310 g/mol. The van der Waals surface area contributed by atoms with Crippen molar-refractivity contribution >= 4 is 17.4 Å². The largest absolute Gasteiger partial charge is 0.378 e. The van der Waals surface area contributed by atoms with E-state index < -0.39 is 0 Å². The van der Waals surface area contributed by atoms with Gasteiger partial charge in [0.1, 0.15) is 0 Å². The van der Waals surface area contributed by atoms with Crippen molar-refractivity contribution in [2.24, 2.45) is 5.92 Å². The third-order valence-corrected chi connectivity index (χ3v) is 5.77. The molecule has 1 aliphatic heterocycles. The molecule has 2 N–H and O–H groups in total. The maximum atomic E-state index is 12.0. The number of nitrogens with zero attached hydrogens (tertiary/aromatic N) is 1. The highest BCUT2D eigenvalue weighted by Crippen LogP contribution is 2.38. The van der Waals surface area contributed by atoms with Crippen molar-refractivity contribution in [3.05, 3.63) is 15.6 Å². The van der Waals surface area contributed by atoms with E-state index in [9.17, 15) is 4.79 Å². The van der Waals surface area contributed by atoms with Crippen molar-refractivity contribution in [2.75, 3.05) is 13.2 Å². The Bertz CT molecular complexity index is 542. The first-order chi connectivity index (χ1) is 11.2. The predicted molar refractivity (Wildman–Crippen MR) is 92.0 cm³/mol. The molecule has 3 rings (SSSR count). The number of rotatable bonds is 6. The number of ether oxygens (including phenoxy) is 1. The van der Waals surface area contributed by atoms with E-state index in [4.69, 9.17) is 4.74 Å². The van der Waals surface area contributed by atoms with Crippen molar-refractivity contribution in [3.63, 3.8) is 0 Å². The standard InChI is InChI=1S/C17H27N3O2S/c1-3-14-11(2)23-16(20-14)6-8-18-17(21)19-13-7-9-22-15(10-13)12-4-5-12/h12-13,15H,3-10H2,1-2H3,(H2,18,19,21)/t13-,15-/m0/s1. The van der Waals surface area contributed by atoms with Gasteiger partial charge in [0.05, 0.1) is 16.8 Å². The Kier molecular flexibility index (Phi) is 5.54. The predicted octanol–water partition coefficient (Wildman–Crippen LogP) is 2.81. The zero-order valence-corrected chi connectivity index (χ0v) is 14.9. The van der Waals surface area contributed by atoms with Crippen molar-refractivity contribution < 1.29 is 9.53 Å². The molecule has 2 heterocycles. The summed E-state index contributed by atoms with van der Waals surface area (Å²) in [5, 5.41) is 7.17. The second-order valence-corrected chi connectivity index (χ2v) is 7.87. The van der Waals surface area contributed by atoms with E-state index in [0.29, 0.717) is 12.6 Å². The van der Waals surface area contributed by atoms with E-state index in [1.165, 1.54) is 23.4 Å². The number of aryl methyl sites for hydroxylation is 2. The first kappa shape index (κ1) is 16.7. The molecule has 1 aromatic rings. The Labute approximate surface area is 142 Å². The van der Waals surface area contributed by atoms with Gasteiger partial charge in [0.25, 0.3) is 0 Å². The van der Waals surface area contributed by atoms with Crippen LogP contribution >= 0.6 is 11.3 Å². The SMILES string of the molecule is CCc1nc(CCNC(=O)N[C@H]2CCO[C@H](C3CC3)C2)sc1C. The number of hydrogen-bond acceptors (Lipinski definition) is 4. The van der Waals surface area contributed by atoms with Gasteiger partial charge in [0.15, 0.2) is 0 Å². The van der Waals surface area contributed by atoms with Gasteiger partial charge in [0, 0.05) is 30.5 Å². The number of urea groups is 1. The summed E-state index contributed by atoms with van der Waals surface area (Å²) in [5.74, 6) is 0.739. The fraction of sp³-hybridized carbons (Fsp3) is 0.765. The lowest BCUT2D eigenvalue weighted by atomic mass is 10.0. The Morgan fingerprint density at radius 3 is 2.91 bits per heavy atom. The van der Waals surface area contributed by atoms with E-state index in [1.807, 2.05) is 0 Å². The lowest BCUT2D eigenvalue weighted by molar-refractivity contribution is -0.00913. The number of amides is 2. The summed E-state index contributed by atoms with van der Waals surface area (Å²) < 4.78 is 5.80. The van der Waals surface area contributed by atoms with Crippen molar-refractivity contribution in [2.45, 2.75) is 64.5 Å². The summed E-state index contributed by atoms with van der Waals surface area (Å²) in [6.07, 6.45) is 6.60. The average Bonchev–Trinajstić information content (AvgIpc) is 3.32. The highest BCUT2D eigenvalue weighted by atomic mass is 32.1. The Morgan fingerprint density at radius 1 is 1.39 bits per heavy atom. The zero-order chi connectivity index (χ0) is 16.2. The molecule has 5 nitrogen and oxygen atoms in total. The molecule has 23 heavy (non-hydrogen) atoms. The van der Waals surface area contributed by atoms with Crippen LogP contribution in [0.2, 0.25) is 0 Å². The molecule has 2 aliphatic rings. The molecule has 2 atom stereocenters. The highest BCUT2D eigenvalue weighted by Gasteiger charge is 2.36. The first-order valence-corrected chi connectivity index (χ1v) is 9.58. The van der Waals surface area contributed by atoms with Crippen LogP contribution in [0.1, 0.15) is 48.2 Å². The fourth-order valence-corrected chi connectivity index (χ4v) is 4.22. The minimum Gasteiger partial charge on any atom is -0.378 e. The molecule has 0 unspecified atom stereocenters. The Morgan fingerprint density at radius 2 is 2.22 bits per heavy atom. The van der Waals surface area contributed by atoms with Crippen LogP contribution in [0.15, 0.2) is 0 Å². The minimum absolute atomic E-state index is 0.0598. The van der Waals surface area contributed by atoms with Crippen LogP contribution in [0.3, 0.4) is 0 Å². The number of nitrogens with one attached hydrogen (secondary N) is 2. The van der Waals surface area contributed by atoms with Crippen LogP contribution in [0.5, 0.6) is 0 Å². The van der Waals surface area contributed by atoms with Crippen LogP contribution in [0.25, 0.3) is 0 Å². The number of aromatic nitrogens is 1. The molecule has 1 aliphatic carbocycles. The van der Waals surface area contributed by atoms with Crippen LogP contribution in [-0.4, -0.2) is 36.3 Å². The summed E-state index contributed by atoms with van der Waals surface area (Å²) in [6, 6.07) is 0.193. The maximum Gasteiger partial charge on any atom is 0.315 e. The van der Waals surface area contributed by atoms with Crippen LogP contribution in [0, 0.1) is 12.8 Å². The quantitative estimate of drug-likeness (QED) is 0.839. The summed E-state index contributed by atoms with van der Waals surface area (Å²) in [6.45, 7) is 5.64. The number of carbonyl (C=O) groups is 1. The van der Waals surface area contributed by atoms with E-state index in [2.05, 4.69) is 29.5 Å². The average molecular weight is 337 g/mol. The second kappa shape index (κ2) is 7.62. The minimum atomic E-state index is -0.0598. The Balaban J connectivity index is 1.37. The zero-order valence-electron chi connectivity index (χ0n) is 14.1. The topological polar surface area (TPSA) is 63.2 Å². The smallest absolute Gasteiger partial charge is 0.315 e. The van der Waals surface area contributed by atoms with Gasteiger partial charge in [-0.1, -0.05) is 6.92 Å². The molecule has 128 valence electrons. The monoisotopic (exact) mass is 337 g/mol. The van der Waals surface area contributed by atoms with Gasteiger partial charge in [-0.15, -0.1) is 11.3 Å². The summed E-state index contributed by atoms with van der Waals surface area (Å²) in [7, 11) is 0. The maximum absolute atomic E-state index is 12.0. The lowest BCUT2D eigenvalue weighted by Gasteiger charge is -2.30. The normalized spacial score (nSPS) is 24.4. The number of carbonyl (C=O) groups excluding carboxylic acids is 1. The van der Waals surface area contributed by atoms with Gasteiger partial charge in [-0.05, 0) is 44.9 Å². The summed E-state index contributed by atoms with van der Waals surface area (Å²) in [5.41, 5.74) is 1.18. The molecule has 0 spiro atoms. The molecule has 1 saturated carbocycles. The molecule has 2 fully saturated rings. The van der Waals surface area contributed by atoms with Crippen LogP contribution < -0.4 is 10.6 Å². The van der Waals surface area contributed by atoms with Crippen molar-refractivity contribution in [1.82, 2.24) is 15.6 Å². The van der Waals surface area contributed by atoms with Gasteiger partial charge < -0.3 is 15.4 Å². The fourth-order valence-electron chi connectivity index (χ4n) is 3.20. The van der Waals surface area contributed by atoms with Gasteiger partial charge in [-0.3, -0.25) is 0 Å². The van der Waals surface area contributed by atoms with Gasteiger partial charge in [0.2, 0.25) is 0 Å². The highest BCUT2D eigenvalue weighted by molar-refractivity contribution is 7.11. The molecule has 0 aromatic carbocycles. The molecule has 0 radical (unpaired) electrons. The molecule has 1 saturated heterocycles. The second-order valence-electron chi connectivity index (χ2n) is 6.58. The molecule has 6 heteroatoms. The number of hydrogen-bond donors (Lipinski definition) is 2. The third-order valence-electron chi connectivity index (χ3n) is 4.69. The van der Waals surface area contributed by atoms with E-state index in [1.54, 1.807) is 11.3 Å². The van der Waals surface area contributed by atoms with E-state index in [0.717, 1.165) is 43.2 Å². The van der Waals surface area contributed by atoms with Crippen LogP contribution in [-0.2, 0) is 17.6 Å².